The first-order valence-corrected chi connectivity index (χ1v) is 10.9. The van der Waals surface area contributed by atoms with E-state index in [2.05, 4.69) is 33.1 Å². The number of benzene rings is 2. The molecule has 0 radical (unpaired) electrons. The quantitative estimate of drug-likeness (QED) is 0.463. The van der Waals surface area contributed by atoms with Gasteiger partial charge in [0.25, 0.3) is 0 Å². The van der Waals surface area contributed by atoms with E-state index >= 15 is 0 Å². The van der Waals surface area contributed by atoms with Crippen LogP contribution in [0.25, 0.3) is 11.1 Å². The SMILES string of the molecule is OCCCSc1ccc2c(c1)N(c1ncc(-c3ccccc3F)cn1)CC21CC1. The van der Waals surface area contributed by atoms with Crippen LogP contribution in [-0.2, 0) is 5.41 Å². The Balaban J connectivity index is 1.45. The molecule has 1 spiro atoms. The second-order valence-electron chi connectivity index (χ2n) is 7.72. The van der Waals surface area contributed by atoms with Crippen molar-refractivity contribution in [1.82, 2.24) is 9.97 Å². The van der Waals surface area contributed by atoms with Gasteiger partial charge in [0, 0.05) is 58.4 Å². The highest BCUT2D eigenvalue weighted by Crippen LogP contribution is 2.58. The van der Waals surface area contributed by atoms with Crippen LogP contribution >= 0.6 is 11.8 Å². The number of aliphatic hydroxyl groups excluding tert-OH is 1. The van der Waals surface area contributed by atoms with Crippen molar-refractivity contribution >= 4 is 23.4 Å². The number of halogens is 1. The normalized spacial score (nSPS) is 16.3. The molecule has 0 unspecified atom stereocenters. The van der Waals surface area contributed by atoms with Crippen molar-refractivity contribution in [3.05, 3.63) is 66.2 Å². The van der Waals surface area contributed by atoms with Gasteiger partial charge in [-0.2, -0.15) is 0 Å². The van der Waals surface area contributed by atoms with Crippen molar-refractivity contribution < 1.29 is 9.50 Å². The van der Waals surface area contributed by atoms with Gasteiger partial charge in [0.1, 0.15) is 5.82 Å². The number of hydrogen-bond donors (Lipinski definition) is 1. The van der Waals surface area contributed by atoms with Crippen molar-refractivity contribution in [2.24, 2.45) is 0 Å². The zero-order valence-corrected chi connectivity index (χ0v) is 16.8. The molecule has 0 atom stereocenters. The molecule has 5 rings (SSSR count). The Morgan fingerprint density at radius 2 is 1.90 bits per heavy atom. The lowest BCUT2D eigenvalue weighted by atomic mass is 9.99. The Morgan fingerprint density at radius 1 is 1.10 bits per heavy atom. The lowest BCUT2D eigenvalue weighted by molar-refractivity contribution is 0.296. The predicted octanol–water partition coefficient (Wildman–Crippen LogP) is 4.94. The van der Waals surface area contributed by atoms with E-state index in [1.54, 1.807) is 36.3 Å². The summed E-state index contributed by atoms with van der Waals surface area (Å²) in [6.45, 7) is 1.11. The average molecular weight is 408 g/mol. The van der Waals surface area contributed by atoms with E-state index in [4.69, 9.17) is 5.11 Å². The van der Waals surface area contributed by atoms with Gasteiger partial charge in [0.2, 0.25) is 5.95 Å². The van der Waals surface area contributed by atoms with Crippen LogP contribution in [0.1, 0.15) is 24.8 Å². The van der Waals surface area contributed by atoms with Crippen LogP contribution in [0.5, 0.6) is 0 Å². The number of fused-ring (bicyclic) bond motifs is 2. The first kappa shape index (κ1) is 18.6. The molecule has 0 amide bonds. The molecule has 6 heteroatoms. The fourth-order valence-electron chi connectivity index (χ4n) is 4.05. The number of thioether (sulfide) groups is 1. The van der Waals surface area contributed by atoms with Crippen molar-refractivity contribution in [1.29, 1.82) is 0 Å². The van der Waals surface area contributed by atoms with Crippen LogP contribution in [0.2, 0.25) is 0 Å². The molecule has 2 heterocycles. The van der Waals surface area contributed by atoms with Gasteiger partial charge in [-0.05, 0) is 43.0 Å². The first-order chi connectivity index (χ1) is 14.2. The molecule has 1 saturated carbocycles. The van der Waals surface area contributed by atoms with Crippen LogP contribution in [0.4, 0.5) is 16.0 Å². The Labute approximate surface area is 173 Å². The molecule has 2 aromatic carbocycles. The van der Waals surface area contributed by atoms with Gasteiger partial charge in [-0.25, -0.2) is 14.4 Å². The molecule has 1 fully saturated rings. The number of aromatic nitrogens is 2. The van der Waals surface area contributed by atoms with Gasteiger partial charge in [0.05, 0.1) is 0 Å². The number of nitrogens with zero attached hydrogens (tertiary/aromatic N) is 3. The molecule has 1 aromatic heterocycles. The summed E-state index contributed by atoms with van der Waals surface area (Å²) >= 11 is 1.76. The fraction of sp³-hybridized carbons (Fsp3) is 0.304. The zero-order valence-electron chi connectivity index (χ0n) is 16.0. The van der Waals surface area contributed by atoms with Crippen LogP contribution < -0.4 is 4.90 Å². The minimum Gasteiger partial charge on any atom is -0.396 e. The monoisotopic (exact) mass is 407 g/mol. The van der Waals surface area contributed by atoms with Gasteiger partial charge in [-0.15, -0.1) is 11.8 Å². The van der Waals surface area contributed by atoms with Crippen molar-refractivity contribution in [3.63, 3.8) is 0 Å². The molecule has 148 valence electrons. The van der Waals surface area contributed by atoms with Crippen molar-refractivity contribution in [2.45, 2.75) is 29.6 Å². The Kier molecular flexibility index (Phi) is 4.76. The van der Waals surface area contributed by atoms with Crippen LogP contribution in [0.3, 0.4) is 0 Å². The third-order valence-electron chi connectivity index (χ3n) is 5.78. The summed E-state index contributed by atoms with van der Waals surface area (Å²) in [6, 6.07) is 13.3. The zero-order chi connectivity index (χ0) is 19.8. The Hall–Kier alpha value is -2.44. The molecular formula is C23H22FN3OS. The van der Waals surface area contributed by atoms with Crippen molar-refractivity contribution in [2.75, 3.05) is 23.8 Å². The van der Waals surface area contributed by atoms with E-state index in [9.17, 15) is 4.39 Å². The highest BCUT2D eigenvalue weighted by atomic mass is 32.2. The maximum atomic E-state index is 14.1. The standard InChI is InChI=1S/C23H22FN3OS/c24-20-5-2-1-4-18(20)16-13-25-22(26-14-16)27-15-23(8-9-23)19-7-6-17(12-21(19)27)29-11-3-10-28/h1-2,4-7,12-14,28H,3,8-11,15H2. The number of rotatable bonds is 6. The van der Waals surface area contributed by atoms with Crippen LogP contribution in [0.15, 0.2) is 59.8 Å². The number of aliphatic hydroxyl groups is 1. The van der Waals surface area contributed by atoms with Gasteiger partial charge < -0.3 is 10.0 Å². The summed E-state index contributed by atoms with van der Waals surface area (Å²) in [5.41, 5.74) is 3.99. The molecule has 0 bridgehead atoms. The minimum absolute atomic E-state index is 0.218. The van der Waals surface area contributed by atoms with E-state index < -0.39 is 0 Å². The minimum atomic E-state index is -0.267. The van der Waals surface area contributed by atoms with Gasteiger partial charge in [-0.1, -0.05) is 24.3 Å². The molecule has 1 aliphatic carbocycles. The largest absolute Gasteiger partial charge is 0.396 e. The second-order valence-corrected chi connectivity index (χ2v) is 8.89. The molecule has 1 N–H and O–H groups in total. The van der Waals surface area contributed by atoms with Crippen molar-refractivity contribution in [3.8, 4) is 11.1 Å². The number of anilines is 2. The highest BCUT2D eigenvalue weighted by molar-refractivity contribution is 7.99. The Bertz CT molecular complexity index is 1040. The smallest absolute Gasteiger partial charge is 0.229 e. The molecular weight excluding hydrogens is 385 g/mol. The van der Waals surface area contributed by atoms with Gasteiger partial charge in [0.15, 0.2) is 0 Å². The summed E-state index contributed by atoms with van der Waals surface area (Å²) in [4.78, 5) is 12.6. The second kappa shape index (κ2) is 7.43. The maximum absolute atomic E-state index is 14.1. The van der Waals surface area contributed by atoms with Gasteiger partial charge in [-0.3, -0.25) is 0 Å². The van der Waals surface area contributed by atoms with E-state index in [1.807, 2.05) is 6.07 Å². The molecule has 2 aliphatic rings. The fourth-order valence-corrected chi connectivity index (χ4v) is 4.92. The van der Waals surface area contributed by atoms with E-state index in [0.29, 0.717) is 17.1 Å². The Morgan fingerprint density at radius 3 is 2.62 bits per heavy atom. The van der Waals surface area contributed by atoms with E-state index in [0.717, 1.165) is 18.7 Å². The van der Waals surface area contributed by atoms with E-state index in [1.165, 1.54) is 35.1 Å². The highest BCUT2D eigenvalue weighted by Gasteiger charge is 2.52. The summed E-state index contributed by atoms with van der Waals surface area (Å²) in [5.74, 6) is 1.29. The molecule has 3 aromatic rings. The summed E-state index contributed by atoms with van der Waals surface area (Å²) in [6.07, 6.45) is 6.59. The summed E-state index contributed by atoms with van der Waals surface area (Å²) in [5, 5.41) is 9.03. The topological polar surface area (TPSA) is 49.2 Å². The first-order valence-electron chi connectivity index (χ1n) is 9.93. The third-order valence-corrected chi connectivity index (χ3v) is 6.86. The van der Waals surface area contributed by atoms with Crippen LogP contribution in [-0.4, -0.2) is 34.0 Å². The van der Waals surface area contributed by atoms with E-state index in [-0.39, 0.29) is 17.8 Å². The molecule has 4 nitrogen and oxygen atoms in total. The number of hydrogen-bond acceptors (Lipinski definition) is 5. The predicted molar refractivity (Wildman–Crippen MR) is 114 cm³/mol. The molecule has 0 saturated heterocycles. The van der Waals surface area contributed by atoms with Gasteiger partial charge >= 0.3 is 0 Å². The summed E-state index contributed by atoms with van der Waals surface area (Å²) in [7, 11) is 0. The summed E-state index contributed by atoms with van der Waals surface area (Å²) < 4.78 is 14.1. The lowest BCUT2D eigenvalue weighted by Crippen LogP contribution is -2.21. The maximum Gasteiger partial charge on any atom is 0.229 e. The molecule has 1 aliphatic heterocycles. The molecule has 29 heavy (non-hydrogen) atoms. The average Bonchev–Trinajstić information content (AvgIpc) is 3.46. The third kappa shape index (κ3) is 3.40. The van der Waals surface area contributed by atoms with Crippen LogP contribution in [0, 0.1) is 5.82 Å². The lowest BCUT2D eigenvalue weighted by Gasteiger charge is -2.18.